The van der Waals surface area contributed by atoms with Gasteiger partial charge in [-0.25, -0.2) is 9.78 Å². The van der Waals surface area contributed by atoms with Crippen LogP contribution in [0.1, 0.15) is 5.56 Å². The minimum atomic E-state index is -1.00. The van der Waals surface area contributed by atoms with Gasteiger partial charge in [0.05, 0.1) is 0 Å². The van der Waals surface area contributed by atoms with Crippen LogP contribution < -0.4 is 10.1 Å². The first-order valence-electron chi connectivity index (χ1n) is 7.22. The maximum absolute atomic E-state index is 10.8. The van der Waals surface area contributed by atoms with Crippen LogP contribution in [0.4, 0.5) is 0 Å². The molecule has 0 radical (unpaired) electrons. The van der Waals surface area contributed by atoms with E-state index in [4.69, 9.17) is 9.84 Å². The third kappa shape index (κ3) is 3.32. The molecule has 6 nitrogen and oxygen atoms in total. The van der Waals surface area contributed by atoms with Gasteiger partial charge in [0, 0.05) is 30.7 Å². The second-order valence-electron chi connectivity index (χ2n) is 5.15. The van der Waals surface area contributed by atoms with Gasteiger partial charge < -0.3 is 19.6 Å². The summed E-state index contributed by atoms with van der Waals surface area (Å²) in [5.41, 5.74) is 3.70. The van der Waals surface area contributed by atoms with E-state index in [2.05, 4.69) is 10.3 Å². The van der Waals surface area contributed by atoms with Crippen LogP contribution in [0.15, 0.2) is 48.9 Å². The summed E-state index contributed by atoms with van der Waals surface area (Å²) < 4.78 is 7.35. The highest BCUT2D eigenvalue weighted by Gasteiger charge is 2.10. The standard InChI is InChI=1S/C17H17N3O3/c1-18-10-12-2-3-15(23-11-17(21)22)14(8-12)13-4-6-20-7-5-19-16(20)9-13/h2-9,18H,10-11H2,1H3,(H,21,22). The number of pyridine rings is 1. The van der Waals surface area contributed by atoms with Gasteiger partial charge in [-0.1, -0.05) is 6.07 Å². The van der Waals surface area contributed by atoms with E-state index in [9.17, 15) is 4.79 Å². The molecule has 2 heterocycles. The lowest BCUT2D eigenvalue weighted by atomic mass is 10.0. The summed E-state index contributed by atoms with van der Waals surface area (Å²) in [6.07, 6.45) is 5.53. The molecule has 0 aliphatic carbocycles. The van der Waals surface area contributed by atoms with E-state index >= 15 is 0 Å². The highest BCUT2D eigenvalue weighted by molar-refractivity contribution is 5.75. The van der Waals surface area contributed by atoms with Gasteiger partial charge in [-0.2, -0.15) is 0 Å². The molecule has 2 aromatic heterocycles. The number of nitrogens with one attached hydrogen (secondary N) is 1. The number of aliphatic carboxylic acids is 1. The Morgan fingerprint density at radius 1 is 1.30 bits per heavy atom. The van der Waals surface area contributed by atoms with E-state index < -0.39 is 5.97 Å². The normalized spacial score (nSPS) is 10.8. The molecule has 3 rings (SSSR count). The van der Waals surface area contributed by atoms with Crippen molar-refractivity contribution in [2.75, 3.05) is 13.7 Å². The molecule has 118 valence electrons. The Kier molecular flexibility index (Phi) is 4.25. The van der Waals surface area contributed by atoms with Crippen molar-refractivity contribution in [1.29, 1.82) is 0 Å². The third-order valence-corrected chi connectivity index (χ3v) is 3.48. The van der Waals surface area contributed by atoms with Crippen LogP contribution in [0.25, 0.3) is 16.8 Å². The van der Waals surface area contributed by atoms with Crippen LogP contribution in [0.2, 0.25) is 0 Å². The second kappa shape index (κ2) is 6.50. The van der Waals surface area contributed by atoms with Crippen molar-refractivity contribution in [3.05, 3.63) is 54.5 Å². The van der Waals surface area contributed by atoms with Crippen LogP contribution in [0.5, 0.6) is 5.75 Å². The molecular weight excluding hydrogens is 294 g/mol. The molecule has 0 saturated heterocycles. The van der Waals surface area contributed by atoms with Crippen molar-refractivity contribution in [3.8, 4) is 16.9 Å². The molecule has 1 aromatic carbocycles. The van der Waals surface area contributed by atoms with Gasteiger partial charge in [0.2, 0.25) is 0 Å². The van der Waals surface area contributed by atoms with E-state index in [1.807, 2.05) is 48.1 Å². The van der Waals surface area contributed by atoms with Gasteiger partial charge in [0.1, 0.15) is 11.4 Å². The average Bonchev–Trinajstić information content (AvgIpc) is 3.01. The fraction of sp³-hybridized carbons (Fsp3) is 0.176. The van der Waals surface area contributed by atoms with Gasteiger partial charge in [0.15, 0.2) is 6.61 Å². The van der Waals surface area contributed by atoms with Crippen LogP contribution >= 0.6 is 0 Å². The number of benzene rings is 1. The Labute approximate surface area is 133 Å². The molecule has 0 atom stereocenters. The van der Waals surface area contributed by atoms with Crippen molar-refractivity contribution in [3.63, 3.8) is 0 Å². The average molecular weight is 311 g/mol. The van der Waals surface area contributed by atoms with Crippen molar-refractivity contribution < 1.29 is 14.6 Å². The number of carboxylic acids is 1. The number of aromatic nitrogens is 2. The number of carbonyl (C=O) groups is 1. The van der Waals surface area contributed by atoms with Crippen LogP contribution in [-0.2, 0) is 11.3 Å². The molecule has 0 bridgehead atoms. The molecule has 0 amide bonds. The number of imidazole rings is 1. The first kappa shape index (κ1) is 15.1. The summed E-state index contributed by atoms with van der Waals surface area (Å²) in [5, 5.41) is 11.9. The zero-order chi connectivity index (χ0) is 16.2. The summed E-state index contributed by atoms with van der Waals surface area (Å²) >= 11 is 0. The molecule has 0 spiro atoms. The zero-order valence-electron chi connectivity index (χ0n) is 12.7. The maximum atomic E-state index is 10.8. The summed E-state index contributed by atoms with van der Waals surface area (Å²) in [6, 6.07) is 9.64. The molecule has 0 fully saturated rings. The predicted molar refractivity (Wildman–Crippen MR) is 86.5 cm³/mol. The highest BCUT2D eigenvalue weighted by atomic mass is 16.5. The highest BCUT2D eigenvalue weighted by Crippen LogP contribution is 2.31. The molecule has 3 aromatic rings. The third-order valence-electron chi connectivity index (χ3n) is 3.48. The topological polar surface area (TPSA) is 75.9 Å². The van der Waals surface area contributed by atoms with Crippen molar-refractivity contribution in [2.45, 2.75) is 6.54 Å². The second-order valence-corrected chi connectivity index (χ2v) is 5.15. The maximum Gasteiger partial charge on any atom is 0.341 e. The van der Waals surface area contributed by atoms with Crippen LogP contribution in [0.3, 0.4) is 0 Å². The first-order chi connectivity index (χ1) is 11.2. The fourth-order valence-electron chi connectivity index (χ4n) is 2.46. The summed E-state index contributed by atoms with van der Waals surface area (Å²) in [4.78, 5) is 15.1. The van der Waals surface area contributed by atoms with E-state index in [0.717, 1.165) is 28.9 Å². The van der Waals surface area contributed by atoms with Gasteiger partial charge >= 0.3 is 5.97 Å². The molecule has 6 heteroatoms. The lowest BCUT2D eigenvalue weighted by Crippen LogP contribution is -2.10. The molecule has 2 N–H and O–H groups in total. The van der Waals surface area contributed by atoms with Gasteiger partial charge in [0.25, 0.3) is 0 Å². The first-order valence-corrected chi connectivity index (χ1v) is 7.22. The predicted octanol–water partition coefficient (Wildman–Crippen LogP) is 2.18. The zero-order valence-corrected chi connectivity index (χ0v) is 12.7. The number of rotatable bonds is 6. The minimum absolute atomic E-state index is 0.371. The number of fused-ring (bicyclic) bond motifs is 1. The Bertz CT molecular complexity index is 842. The van der Waals surface area contributed by atoms with Crippen LogP contribution in [-0.4, -0.2) is 34.1 Å². The van der Waals surface area contributed by atoms with Gasteiger partial charge in [-0.15, -0.1) is 0 Å². The summed E-state index contributed by atoms with van der Waals surface area (Å²) in [5.74, 6) is -0.456. The summed E-state index contributed by atoms with van der Waals surface area (Å²) in [6.45, 7) is 0.349. The number of nitrogens with zero attached hydrogens (tertiary/aromatic N) is 2. The van der Waals surface area contributed by atoms with E-state index in [0.29, 0.717) is 5.75 Å². The fourth-order valence-corrected chi connectivity index (χ4v) is 2.46. The Balaban J connectivity index is 2.04. The molecule has 23 heavy (non-hydrogen) atoms. The lowest BCUT2D eigenvalue weighted by Gasteiger charge is -2.13. The molecule has 0 aliphatic heterocycles. The molecule has 0 aliphatic rings. The molecule has 0 saturated carbocycles. The van der Waals surface area contributed by atoms with Crippen LogP contribution in [0, 0.1) is 0 Å². The Morgan fingerprint density at radius 2 is 2.17 bits per heavy atom. The minimum Gasteiger partial charge on any atom is -0.481 e. The summed E-state index contributed by atoms with van der Waals surface area (Å²) in [7, 11) is 1.88. The molecule has 0 unspecified atom stereocenters. The monoisotopic (exact) mass is 311 g/mol. The van der Waals surface area contributed by atoms with Gasteiger partial charge in [-0.3, -0.25) is 0 Å². The van der Waals surface area contributed by atoms with E-state index in [-0.39, 0.29) is 6.61 Å². The van der Waals surface area contributed by atoms with E-state index in [1.54, 1.807) is 12.3 Å². The largest absolute Gasteiger partial charge is 0.481 e. The number of hydrogen-bond acceptors (Lipinski definition) is 4. The van der Waals surface area contributed by atoms with E-state index in [1.165, 1.54) is 0 Å². The Hall–Kier alpha value is -2.86. The number of ether oxygens (including phenoxy) is 1. The smallest absolute Gasteiger partial charge is 0.341 e. The molecular formula is C17H17N3O3. The quantitative estimate of drug-likeness (QED) is 0.730. The Morgan fingerprint density at radius 3 is 2.96 bits per heavy atom. The van der Waals surface area contributed by atoms with Crippen molar-refractivity contribution in [2.24, 2.45) is 0 Å². The lowest BCUT2D eigenvalue weighted by molar-refractivity contribution is -0.139. The van der Waals surface area contributed by atoms with Crippen molar-refractivity contribution in [1.82, 2.24) is 14.7 Å². The van der Waals surface area contributed by atoms with Crippen molar-refractivity contribution >= 4 is 11.6 Å². The SMILES string of the molecule is CNCc1ccc(OCC(=O)O)c(-c2ccn3ccnc3c2)c1. The number of carboxylic acid groups (broad SMARTS) is 1. The van der Waals surface area contributed by atoms with Gasteiger partial charge in [-0.05, 0) is 42.4 Å². The number of hydrogen-bond donors (Lipinski definition) is 2.